The van der Waals surface area contributed by atoms with Gasteiger partial charge >= 0.3 is 5.97 Å². The van der Waals surface area contributed by atoms with E-state index in [1.807, 2.05) is 0 Å². The Hall–Kier alpha value is -1.50. The van der Waals surface area contributed by atoms with E-state index in [4.69, 9.17) is 5.11 Å². The molecule has 6 nitrogen and oxygen atoms in total. The predicted molar refractivity (Wildman–Crippen MR) is 61.6 cm³/mol. The van der Waals surface area contributed by atoms with Crippen LogP contribution in [0.1, 0.15) is 25.7 Å². The highest BCUT2D eigenvalue weighted by molar-refractivity contribution is 7.13. The summed E-state index contributed by atoms with van der Waals surface area (Å²) in [5, 5.41) is 19.4. The maximum Gasteiger partial charge on any atom is 0.306 e. The maximum absolute atomic E-state index is 11.9. The highest BCUT2D eigenvalue weighted by Crippen LogP contribution is 2.30. The first-order valence-electron chi connectivity index (χ1n) is 5.46. The van der Waals surface area contributed by atoms with Crippen molar-refractivity contribution < 1.29 is 14.7 Å². The normalized spacial score (nSPS) is 24.2. The van der Waals surface area contributed by atoms with E-state index < -0.39 is 11.9 Å². The molecule has 1 heterocycles. The van der Waals surface area contributed by atoms with Crippen LogP contribution in [0.2, 0.25) is 0 Å². The molecule has 0 spiro atoms. The molecule has 0 radical (unpaired) electrons. The van der Waals surface area contributed by atoms with Crippen LogP contribution in [0.3, 0.4) is 0 Å². The third kappa shape index (κ3) is 3.00. The van der Waals surface area contributed by atoms with Crippen LogP contribution < -0.4 is 5.32 Å². The number of aromatic nitrogens is 2. The lowest BCUT2D eigenvalue weighted by Gasteiger charge is -2.25. The number of hydrogen-bond acceptors (Lipinski definition) is 5. The van der Waals surface area contributed by atoms with Crippen molar-refractivity contribution in [2.24, 2.45) is 11.8 Å². The fourth-order valence-electron chi connectivity index (χ4n) is 2.09. The first-order valence-corrected chi connectivity index (χ1v) is 6.34. The van der Waals surface area contributed by atoms with Crippen LogP contribution in [0, 0.1) is 11.8 Å². The molecule has 1 aliphatic carbocycles. The lowest BCUT2D eigenvalue weighted by molar-refractivity contribution is -0.143. The third-order valence-electron chi connectivity index (χ3n) is 2.98. The van der Waals surface area contributed by atoms with Crippen LogP contribution in [0.4, 0.5) is 5.13 Å². The van der Waals surface area contributed by atoms with E-state index in [0.29, 0.717) is 18.0 Å². The molecular formula is C10H13N3O3S. The minimum absolute atomic E-state index is 0.146. The largest absolute Gasteiger partial charge is 0.481 e. The molecule has 1 aliphatic rings. The summed E-state index contributed by atoms with van der Waals surface area (Å²) >= 11 is 1.25. The number of amides is 1. The van der Waals surface area contributed by atoms with Gasteiger partial charge in [0.2, 0.25) is 11.0 Å². The molecule has 0 aliphatic heterocycles. The molecule has 1 fully saturated rings. The molecule has 2 atom stereocenters. The number of carboxylic acids is 1. The van der Waals surface area contributed by atoms with Gasteiger partial charge in [0, 0.05) is 5.92 Å². The van der Waals surface area contributed by atoms with Crippen molar-refractivity contribution >= 4 is 28.3 Å². The van der Waals surface area contributed by atoms with Gasteiger partial charge in [0.1, 0.15) is 5.51 Å². The minimum Gasteiger partial charge on any atom is -0.481 e. The lowest BCUT2D eigenvalue weighted by Crippen LogP contribution is -2.30. The van der Waals surface area contributed by atoms with Crippen molar-refractivity contribution in [2.75, 3.05) is 5.32 Å². The molecule has 2 N–H and O–H groups in total. The highest BCUT2D eigenvalue weighted by atomic mass is 32.1. The van der Waals surface area contributed by atoms with Gasteiger partial charge in [0.15, 0.2) is 0 Å². The summed E-state index contributed by atoms with van der Waals surface area (Å²) in [7, 11) is 0. The van der Waals surface area contributed by atoms with Gasteiger partial charge in [-0.15, -0.1) is 10.2 Å². The summed E-state index contributed by atoms with van der Waals surface area (Å²) in [6.07, 6.45) is 2.61. The first kappa shape index (κ1) is 12.0. The smallest absolute Gasteiger partial charge is 0.306 e. The summed E-state index contributed by atoms with van der Waals surface area (Å²) in [4.78, 5) is 22.8. The molecule has 17 heavy (non-hydrogen) atoms. The SMILES string of the molecule is O=C(O)C1CCCC(C(=O)Nc2nncs2)C1. The van der Waals surface area contributed by atoms with Gasteiger partial charge in [-0.3, -0.25) is 9.59 Å². The second-order valence-electron chi connectivity index (χ2n) is 4.13. The van der Waals surface area contributed by atoms with E-state index in [-0.39, 0.29) is 11.8 Å². The second kappa shape index (κ2) is 5.22. The van der Waals surface area contributed by atoms with Gasteiger partial charge in [0.25, 0.3) is 0 Å². The van der Waals surface area contributed by atoms with Crippen LogP contribution in [-0.4, -0.2) is 27.2 Å². The number of nitrogens with zero attached hydrogens (tertiary/aromatic N) is 2. The molecule has 1 aromatic rings. The number of rotatable bonds is 3. The Kier molecular flexibility index (Phi) is 3.68. The van der Waals surface area contributed by atoms with E-state index in [1.54, 1.807) is 0 Å². The summed E-state index contributed by atoms with van der Waals surface area (Å²) in [6.45, 7) is 0. The van der Waals surface area contributed by atoms with Gasteiger partial charge in [-0.05, 0) is 19.3 Å². The number of carbonyl (C=O) groups is 2. The fraction of sp³-hybridized carbons (Fsp3) is 0.600. The van der Waals surface area contributed by atoms with E-state index >= 15 is 0 Å². The lowest BCUT2D eigenvalue weighted by atomic mass is 9.81. The summed E-state index contributed by atoms with van der Waals surface area (Å²) in [5.74, 6) is -1.58. The van der Waals surface area contributed by atoms with Crippen molar-refractivity contribution in [2.45, 2.75) is 25.7 Å². The molecule has 1 saturated carbocycles. The van der Waals surface area contributed by atoms with Gasteiger partial charge in [-0.25, -0.2) is 0 Å². The Morgan fingerprint density at radius 3 is 2.82 bits per heavy atom. The van der Waals surface area contributed by atoms with Crippen LogP contribution in [0.5, 0.6) is 0 Å². The van der Waals surface area contributed by atoms with Gasteiger partial charge < -0.3 is 10.4 Å². The molecular weight excluding hydrogens is 242 g/mol. The Morgan fingerprint density at radius 2 is 2.18 bits per heavy atom. The highest BCUT2D eigenvalue weighted by Gasteiger charge is 2.31. The van der Waals surface area contributed by atoms with Crippen molar-refractivity contribution in [3.63, 3.8) is 0 Å². The molecule has 92 valence electrons. The Labute approximate surface area is 102 Å². The first-order chi connectivity index (χ1) is 8.16. The zero-order valence-corrected chi connectivity index (χ0v) is 9.94. The van der Waals surface area contributed by atoms with Gasteiger partial charge in [-0.1, -0.05) is 17.8 Å². The Balaban J connectivity index is 1.93. The van der Waals surface area contributed by atoms with Gasteiger partial charge in [0.05, 0.1) is 5.92 Å². The van der Waals surface area contributed by atoms with E-state index in [0.717, 1.165) is 12.8 Å². The third-order valence-corrected chi connectivity index (χ3v) is 3.59. The molecule has 1 aromatic heterocycles. The Morgan fingerprint density at radius 1 is 1.41 bits per heavy atom. The number of nitrogens with one attached hydrogen (secondary N) is 1. The molecule has 7 heteroatoms. The molecule has 2 unspecified atom stereocenters. The van der Waals surface area contributed by atoms with Crippen LogP contribution in [-0.2, 0) is 9.59 Å². The molecule has 0 bridgehead atoms. The van der Waals surface area contributed by atoms with Crippen molar-refractivity contribution in [3.05, 3.63) is 5.51 Å². The number of hydrogen-bond donors (Lipinski definition) is 2. The standard InChI is InChI=1S/C10H13N3O3S/c14-8(12-10-13-11-5-17-10)6-2-1-3-7(4-6)9(15)16/h5-7H,1-4H2,(H,15,16)(H,12,13,14). The predicted octanol–water partition coefficient (Wildman–Crippen LogP) is 1.37. The topological polar surface area (TPSA) is 92.2 Å². The van der Waals surface area contributed by atoms with E-state index in [2.05, 4.69) is 15.5 Å². The number of anilines is 1. The van der Waals surface area contributed by atoms with Gasteiger partial charge in [-0.2, -0.15) is 0 Å². The quantitative estimate of drug-likeness (QED) is 0.851. The summed E-state index contributed by atoms with van der Waals surface area (Å²) in [5.41, 5.74) is 1.54. The fourth-order valence-corrected chi connectivity index (χ4v) is 2.54. The summed E-state index contributed by atoms with van der Waals surface area (Å²) in [6, 6.07) is 0. The molecule has 1 amide bonds. The average Bonchev–Trinajstić information content (AvgIpc) is 2.82. The van der Waals surface area contributed by atoms with E-state index in [9.17, 15) is 9.59 Å². The molecule has 2 rings (SSSR count). The van der Waals surface area contributed by atoms with Crippen LogP contribution >= 0.6 is 11.3 Å². The van der Waals surface area contributed by atoms with Crippen LogP contribution in [0.25, 0.3) is 0 Å². The van der Waals surface area contributed by atoms with Crippen molar-refractivity contribution in [1.82, 2.24) is 10.2 Å². The summed E-state index contributed by atoms with van der Waals surface area (Å²) < 4.78 is 0. The minimum atomic E-state index is -0.807. The number of aliphatic carboxylic acids is 1. The van der Waals surface area contributed by atoms with E-state index in [1.165, 1.54) is 16.8 Å². The zero-order chi connectivity index (χ0) is 12.3. The second-order valence-corrected chi connectivity index (χ2v) is 4.97. The maximum atomic E-state index is 11.9. The molecule has 0 aromatic carbocycles. The zero-order valence-electron chi connectivity index (χ0n) is 9.13. The Bertz CT molecular complexity index is 407. The number of carbonyl (C=O) groups excluding carboxylic acids is 1. The monoisotopic (exact) mass is 255 g/mol. The average molecular weight is 255 g/mol. The molecule has 0 saturated heterocycles. The van der Waals surface area contributed by atoms with Crippen LogP contribution in [0.15, 0.2) is 5.51 Å². The van der Waals surface area contributed by atoms with Crippen molar-refractivity contribution in [3.8, 4) is 0 Å². The number of carboxylic acid groups (broad SMARTS) is 1. The van der Waals surface area contributed by atoms with Crippen molar-refractivity contribution in [1.29, 1.82) is 0 Å².